The first-order chi connectivity index (χ1) is 11.0. The predicted molar refractivity (Wildman–Crippen MR) is 92.0 cm³/mol. The van der Waals surface area contributed by atoms with Crippen molar-refractivity contribution in [2.75, 3.05) is 11.9 Å². The van der Waals surface area contributed by atoms with Gasteiger partial charge in [-0.1, -0.05) is 18.2 Å². The fourth-order valence-corrected chi connectivity index (χ4v) is 2.08. The van der Waals surface area contributed by atoms with Gasteiger partial charge in [0, 0.05) is 12.2 Å². The van der Waals surface area contributed by atoms with Crippen LogP contribution in [0.15, 0.2) is 42.5 Å². The highest BCUT2D eigenvalue weighted by molar-refractivity contribution is 5.69. The Kier molecular flexibility index (Phi) is 5.63. The number of benzene rings is 2. The predicted octanol–water partition coefficient (Wildman–Crippen LogP) is 4.02. The summed E-state index contributed by atoms with van der Waals surface area (Å²) in [6, 6.07) is 14.0. The molecule has 0 fully saturated rings. The number of aliphatic carboxylic acids is 1. The molecule has 0 aromatic heterocycles. The molecule has 0 aliphatic heterocycles. The van der Waals surface area contributed by atoms with Crippen molar-refractivity contribution in [1.82, 2.24) is 0 Å². The minimum absolute atomic E-state index is 0.171. The second kappa shape index (κ2) is 7.68. The van der Waals surface area contributed by atoms with Gasteiger partial charge in [0.2, 0.25) is 0 Å². The standard InChI is InChI=1S/C19H23NO3/c1-13-4-5-16(10-14(13)2)11-20-17-6-8-18(9-7-17)23-12-15(3)19(21)22/h4-10,15,20H,11-12H2,1-3H3,(H,21,22). The molecule has 1 atom stereocenters. The van der Waals surface area contributed by atoms with Crippen molar-refractivity contribution in [3.63, 3.8) is 0 Å². The third-order valence-electron chi connectivity index (χ3n) is 3.84. The number of aryl methyl sites for hydroxylation is 2. The summed E-state index contributed by atoms with van der Waals surface area (Å²) >= 11 is 0. The molecule has 0 bridgehead atoms. The molecule has 122 valence electrons. The zero-order chi connectivity index (χ0) is 16.8. The molecule has 0 amide bonds. The SMILES string of the molecule is Cc1ccc(CNc2ccc(OCC(C)C(=O)O)cc2)cc1C. The lowest BCUT2D eigenvalue weighted by atomic mass is 10.1. The highest BCUT2D eigenvalue weighted by Crippen LogP contribution is 2.18. The topological polar surface area (TPSA) is 58.6 Å². The van der Waals surface area contributed by atoms with E-state index in [0.29, 0.717) is 5.75 Å². The Hall–Kier alpha value is -2.49. The Bertz CT molecular complexity index is 665. The van der Waals surface area contributed by atoms with E-state index in [0.717, 1.165) is 12.2 Å². The minimum Gasteiger partial charge on any atom is -0.493 e. The van der Waals surface area contributed by atoms with Gasteiger partial charge in [-0.2, -0.15) is 0 Å². The van der Waals surface area contributed by atoms with Crippen molar-refractivity contribution >= 4 is 11.7 Å². The number of ether oxygens (including phenoxy) is 1. The number of hydrogen-bond donors (Lipinski definition) is 2. The molecule has 0 saturated heterocycles. The third kappa shape index (κ3) is 5.02. The van der Waals surface area contributed by atoms with E-state index in [1.807, 2.05) is 24.3 Å². The second-order valence-electron chi connectivity index (χ2n) is 5.85. The minimum atomic E-state index is -0.850. The van der Waals surface area contributed by atoms with Gasteiger partial charge in [-0.05, 0) is 61.7 Å². The van der Waals surface area contributed by atoms with E-state index in [4.69, 9.17) is 9.84 Å². The number of anilines is 1. The van der Waals surface area contributed by atoms with Crippen LogP contribution in [0.2, 0.25) is 0 Å². The van der Waals surface area contributed by atoms with Gasteiger partial charge < -0.3 is 15.2 Å². The first-order valence-electron chi connectivity index (χ1n) is 7.71. The number of hydrogen-bond acceptors (Lipinski definition) is 3. The summed E-state index contributed by atoms with van der Waals surface area (Å²) in [5.74, 6) is -0.691. The monoisotopic (exact) mass is 313 g/mol. The van der Waals surface area contributed by atoms with Gasteiger partial charge in [0.05, 0.1) is 5.92 Å². The molecule has 0 aliphatic rings. The molecule has 4 nitrogen and oxygen atoms in total. The van der Waals surface area contributed by atoms with Crippen LogP contribution in [0.4, 0.5) is 5.69 Å². The summed E-state index contributed by atoms with van der Waals surface area (Å²) in [6.45, 7) is 6.78. The molecular formula is C19H23NO3. The van der Waals surface area contributed by atoms with E-state index < -0.39 is 11.9 Å². The van der Waals surface area contributed by atoms with Crippen LogP contribution >= 0.6 is 0 Å². The number of carboxylic acids is 1. The zero-order valence-corrected chi connectivity index (χ0v) is 13.8. The van der Waals surface area contributed by atoms with Crippen LogP contribution in [0, 0.1) is 19.8 Å². The highest BCUT2D eigenvalue weighted by Gasteiger charge is 2.11. The second-order valence-corrected chi connectivity index (χ2v) is 5.85. The normalized spacial score (nSPS) is 11.8. The maximum Gasteiger partial charge on any atom is 0.309 e. The first kappa shape index (κ1) is 16.9. The average Bonchev–Trinajstić information content (AvgIpc) is 2.54. The molecule has 2 rings (SSSR count). The molecule has 1 unspecified atom stereocenters. The molecule has 4 heteroatoms. The fourth-order valence-electron chi connectivity index (χ4n) is 2.08. The molecular weight excluding hydrogens is 290 g/mol. The molecule has 0 aliphatic carbocycles. The van der Waals surface area contributed by atoms with E-state index >= 15 is 0 Å². The third-order valence-corrected chi connectivity index (χ3v) is 3.84. The Morgan fingerprint density at radius 1 is 1.13 bits per heavy atom. The molecule has 0 spiro atoms. The van der Waals surface area contributed by atoms with E-state index in [1.165, 1.54) is 16.7 Å². The lowest BCUT2D eigenvalue weighted by Gasteiger charge is -2.11. The fraction of sp³-hybridized carbons (Fsp3) is 0.316. The van der Waals surface area contributed by atoms with Gasteiger partial charge in [0.1, 0.15) is 12.4 Å². The summed E-state index contributed by atoms with van der Waals surface area (Å²) in [5, 5.41) is 12.2. The Morgan fingerprint density at radius 3 is 2.43 bits per heavy atom. The van der Waals surface area contributed by atoms with Crippen LogP contribution in [-0.2, 0) is 11.3 Å². The van der Waals surface area contributed by atoms with Crippen molar-refractivity contribution in [3.8, 4) is 5.75 Å². The van der Waals surface area contributed by atoms with E-state index in [-0.39, 0.29) is 6.61 Å². The van der Waals surface area contributed by atoms with Gasteiger partial charge in [0.25, 0.3) is 0 Å². The van der Waals surface area contributed by atoms with Crippen molar-refractivity contribution in [1.29, 1.82) is 0 Å². The Morgan fingerprint density at radius 2 is 1.83 bits per heavy atom. The van der Waals surface area contributed by atoms with Crippen LogP contribution in [0.25, 0.3) is 0 Å². The van der Waals surface area contributed by atoms with Crippen LogP contribution in [0.1, 0.15) is 23.6 Å². The van der Waals surface area contributed by atoms with Gasteiger partial charge in [-0.15, -0.1) is 0 Å². The molecule has 2 N–H and O–H groups in total. The summed E-state index contributed by atoms with van der Waals surface area (Å²) < 4.78 is 5.47. The van der Waals surface area contributed by atoms with Gasteiger partial charge in [-0.3, -0.25) is 4.79 Å². The van der Waals surface area contributed by atoms with Crippen LogP contribution in [0.3, 0.4) is 0 Å². The van der Waals surface area contributed by atoms with E-state index in [9.17, 15) is 4.79 Å². The molecule has 23 heavy (non-hydrogen) atoms. The maximum absolute atomic E-state index is 10.7. The molecule has 2 aromatic rings. The molecule has 2 aromatic carbocycles. The summed E-state index contributed by atoms with van der Waals surface area (Å²) in [5.41, 5.74) is 4.83. The van der Waals surface area contributed by atoms with Crippen molar-refractivity contribution < 1.29 is 14.6 Å². The summed E-state index contributed by atoms with van der Waals surface area (Å²) in [4.78, 5) is 10.7. The lowest BCUT2D eigenvalue weighted by molar-refractivity contribution is -0.142. The molecule has 0 heterocycles. The van der Waals surface area contributed by atoms with Crippen molar-refractivity contribution in [2.45, 2.75) is 27.3 Å². The van der Waals surface area contributed by atoms with Crippen LogP contribution in [0.5, 0.6) is 5.75 Å². The van der Waals surface area contributed by atoms with Gasteiger partial charge >= 0.3 is 5.97 Å². The van der Waals surface area contributed by atoms with Gasteiger partial charge in [0.15, 0.2) is 0 Å². The van der Waals surface area contributed by atoms with Crippen LogP contribution < -0.4 is 10.1 Å². The quantitative estimate of drug-likeness (QED) is 0.810. The van der Waals surface area contributed by atoms with Crippen molar-refractivity contribution in [2.24, 2.45) is 5.92 Å². The Labute approximate surface area is 137 Å². The largest absolute Gasteiger partial charge is 0.493 e. The summed E-state index contributed by atoms with van der Waals surface area (Å²) in [6.07, 6.45) is 0. The van der Waals surface area contributed by atoms with E-state index in [2.05, 4.69) is 37.4 Å². The Balaban J connectivity index is 1.87. The highest BCUT2D eigenvalue weighted by atomic mass is 16.5. The smallest absolute Gasteiger partial charge is 0.309 e. The maximum atomic E-state index is 10.7. The number of carboxylic acid groups (broad SMARTS) is 1. The number of rotatable bonds is 7. The van der Waals surface area contributed by atoms with E-state index in [1.54, 1.807) is 6.92 Å². The van der Waals surface area contributed by atoms with Crippen molar-refractivity contribution in [3.05, 3.63) is 59.2 Å². The summed E-state index contributed by atoms with van der Waals surface area (Å²) in [7, 11) is 0. The average molecular weight is 313 g/mol. The first-order valence-corrected chi connectivity index (χ1v) is 7.71. The zero-order valence-electron chi connectivity index (χ0n) is 13.8. The lowest BCUT2D eigenvalue weighted by Crippen LogP contribution is -2.17. The van der Waals surface area contributed by atoms with Crippen LogP contribution in [-0.4, -0.2) is 17.7 Å². The molecule has 0 radical (unpaired) electrons. The number of carbonyl (C=O) groups is 1. The van der Waals surface area contributed by atoms with Gasteiger partial charge in [-0.25, -0.2) is 0 Å². The number of nitrogens with one attached hydrogen (secondary N) is 1. The molecule has 0 saturated carbocycles.